The molecule has 168 valence electrons. The number of para-hydroxylation sites is 2. The van der Waals surface area contributed by atoms with Gasteiger partial charge in [-0.05, 0) is 47.7 Å². The van der Waals surface area contributed by atoms with Crippen LogP contribution in [0.25, 0.3) is 0 Å². The first-order valence-corrected chi connectivity index (χ1v) is 11.0. The zero-order chi connectivity index (χ0) is 23.2. The fourth-order valence-corrected chi connectivity index (χ4v) is 5.05. The molecule has 2 atom stereocenters. The number of rotatable bonds is 2. The largest absolute Gasteiger partial charge is 0.416 e. The van der Waals surface area contributed by atoms with Crippen molar-refractivity contribution in [1.82, 2.24) is 0 Å². The Hall–Kier alpha value is -3.25. The molecule has 3 aromatic carbocycles. The molecule has 0 fully saturated rings. The lowest BCUT2D eigenvalue weighted by molar-refractivity contribution is -0.138. The topological polar surface area (TPSA) is 41.1 Å². The number of anilines is 2. The molecule has 3 aromatic rings. The summed E-state index contributed by atoms with van der Waals surface area (Å²) >= 11 is 6.40. The van der Waals surface area contributed by atoms with Gasteiger partial charge in [0.05, 0.1) is 23.0 Å². The summed E-state index contributed by atoms with van der Waals surface area (Å²) in [5.74, 6) is -0.364. The van der Waals surface area contributed by atoms with Crippen molar-refractivity contribution in [3.8, 4) is 0 Å². The third-order valence-corrected chi connectivity index (χ3v) is 6.58. The molecule has 2 unspecified atom stereocenters. The number of alkyl halides is 3. The van der Waals surface area contributed by atoms with E-state index in [1.54, 1.807) is 24.3 Å². The van der Waals surface area contributed by atoms with Crippen molar-refractivity contribution >= 4 is 28.8 Å². The maximum atomic E-state index is 13.9. The second-order valence-corrected chi connectivity index (χ2v) is 8.68. The molecule has 0 saturated carbocycles. The van der Waals surface area contributed by atoms with Gasteiger partial charge in [0, 0.05) is 22.7 Å². The minimum absolute atomic E-state index is 0.0283. The summed E-state index contributed by atoms with van der Waals surface area (Å²) in [5, 5.41) is 7.13. The van der Waals surface area contributed by atoms with Crippen molar-refractivity contribution < 1.29 is 18.0 Å². The van der Waals surface area contributed by atoms with E-state index in [-0.39, 0.29) is 23.7 Å². The molecule has 1 heterocycles. The normalized spacial score (nSPS) is 20.3. The number of Topliss-reactive ketones (excluding diaryl/α,β-unsaturated/α-hetero) is 1. The minimum Gasteiger partial charge on any atom is -0.372 e. The third-order valence-electron chi connectivity index (χ3n) is 6.23. The second-order valence-electron chi connectivity index (χ2n) is 8.28. The van der Waals surface area contributed by atoms with Gasteiger partial charge in [-0.3, -0.25) is 4.79 Å². The Morgan fingerprint density at radius 3 is 2.18 bits per heavy atom. The minimum atomic E-state index is -4.55. The molecule has 0 saturated heterocycles. The van der Waals surface area contributed by atoms with Crippen LogP contribution in [0.15, 0.2) is 84.1 Å². The molecule has 1 aliphatic heterocycles. The molecule has 1 aliphatic carbocycles. The Bertz CT molecular complexity index is 1270. The lowest BCUT2D eigenvalue weighted by atomic mass is 9.78. The first-order chi connectivity index (χ1) is 15.8. The fourth-order valence-electron chi connectivity index (χ4n) is 4.76. The Balaban J connectivity index is 1.67. The molecule has 33 heavy (non-hydrogen) atoms. The van der Waals surface area contributed by atoms with Gasteiger partial charge < -0.3 is 10.6 Å². The summed E-state index contributed by atoms with van der Waals surface area (Å²) in [6.45, 7) is 0. The summed E-state index contributed by atoms with van der Waals surface area (Å²) in [5.41, 5.74) is 2.44. The van der Waals surface area contributed by atoms with Gasteiger partial charge >= 0.3 is 6.18 Å². The van der Waals surface area contributed by atoms with Crippen molar-refractivity contribution in [2.75, 3.05) is 10.6 Å². The van der Waals surface area contributed by atoms with Crippen LogP contribution < -0.4 is 10.6 Å². The molecule has 0 aromatic heterocycles. The number of ketones is 1. The SMILES string of the molecule is O=C1CC(c2ccccc2Cl)CC2=C1C(c1ccccc1C(F)(F)F)Nc1ccccc1N2. The second kappa shape index (κ2) is 8.27. The Morgan fingerprint density at radius 1 is 0.818 bits per heavy atom. The van der Waals surface area contributed by atoms with Crippen LogP contribution in [0.2, 0.25) is 5.02 Å². The smallest absolute Gasteiger partial charge is 0.372 e. The number of nitrogens with one attached hydrogen (secondary N) is 2. The van der Waals surface area contributed by atoms with Crippen LogP contribution in [-0.4, -0.2) is 5.78 Å². The lowest BCUT2D eigenvalue weighted by Gasteiger charge is -2.31. The van der Waals surface area contributed by atoms with Crippen LogP contribution in [0.4, 0.5) is 24.5 Å². The number of halogens is 4. The zero-order valence-electron chi connectivity index (χ0n) is 17.4. The van der Waals surface area contributed by atoms with E-state index in [9.17, 15) is 18.0 Å². The van der Waals surface area contributed by atoms with Crippen molar-refractivity contribution in [2.45, 2.75) is 31.0 Å². The first kappa shape index (κ1) is 21.6. The number of allylic oxidation sites excluding steroid dienone is 1. The third kappa shape index (κ3) is 4.00. The van der Waals surface area contributed by atoms with Crippen LogP contribution in [0.3, 0.4) is 0 Å². The van der Waals surface area contributed by atoms with Crippen molar-refractivity contribution in [2.24, 2.45) is 0 Å². The quantitative estimate of drug-likeness (QED) is 0.413. The number of benzene rings is 3. The summed E-state index contributed by atoms with van der Waals surface area (Å²) < 4.78 is 41.7. The van der Waals surface area contributed by atoms with E-state index in [2.05, 4.69) is 10.6 Å². The van der Waals surface area contributed by atoms with E-state index in [0.717, 1.165) is 11.6 Å². The Kier molecular flexibility index (Phi) is 5.41. The molecule has 5 rings (SSSR count). The standard InChI is InChI=1S/C26H20ClF3N2O/c27-19-10-4-2-7-16(19)15-13-22-24(23(33)14-15)25(32-21-12-6-5-11-20(21)31-22)17-8-1-3-9-18(17)26(28,29)30/h1-12,15,25,31-32H,13-14H2. The molecule has 2 aliphatic rings. The number of carbonyl (C=O) groups excluding carboxylic acids is 1. The molecule has 2 N–H and O–H groups in total. The Labute approximate surface area is 194 Å². The molecular formula is C26H20ClF3N2O. The average molecular weight is 469 g/mol. The highest BCUT2D eigenvalue weighted by Gasteiger charge is 2.41. The van der Waals surface area contributed by atoms with Crippen LogP contribution in [-0.2, 0) is 11.0 Å². The van der Waals surface area contributed by atoms with E-state index >= 15 is 0 Å². The highest BCUT2D eigenvalue weighted by Crippen LogP contribution is 2.47. The summed E-state index contributed by atoms with van der Waals surface area (Å²) in [6, 6.07) is 19.1. The molecule has 3 nitrogen and oxygen atoms in total. The molecule has 0 spiro atoms. The van der Waals surface area contributed by atoms with E-state index < -0.39 is 17.8 Å². The van der Waals surface area contributed by atoms with Gasteiger partial charge in [-0.25, -0.2) is 0 Å². The van der Waals surface area contributed by atoms with Crippen molar-refractivity contribution in [3.05, 3.63) is 106 Å². The molecule has 7 heteroatoms. The predicted molar refractivity (Wildman–Crippen MR) is 123 cm³/mol. The molecular weight excluding hydrogens is 449 g/mol. The van der Waals surface area contributed by atoms with Crippen molar-refractivity contribution in [3.63, 3.8) is 0 Å². The van der Waals surface area contributed by atoms with E-state index in [1.807, 2.05) is 30.3 Å². The lowest BCUT2D eigenvalue weighted by Crippen LogP contribution is -2.28. The van der Waals surface area contributed by atoms with E-state index in [4.69, 9.17) is 11.6 Å². The number of carbonyl (C=O) groups is 1. The monoisotopic (exact) mass is 468 g/mol. The van der Waals surface area contributed by atoms with Crippen molar-refractivity contribution in [1.29, 1.82) is 0 Å². The number of fused-ring (bicyclic) bond motifs is 1. The van der Waals surface area contributed by atoms with Gasteiger partial charge in [0.15, 0.2) is 5.78 Å². The highest BCUT2D eigenvalue weighted by atomic mass is 35.5. The van der Waals surface area contributed by atoms with Gasteiger partial charge in [0.25, 0.3) is 0 Å². The maximum Gasteiger partial charge on any atom is 0.416 e. The highest BCUT2D eigenvalue weighted by molar-refractivity contribution is 6.31. The fraction of sp³-hybridized carbons (Fsp3) is 0.192. The van der Waals surface area contributed by atoms with Gasteiger partial charge in [0.2, 0.25) is 0 Å². The molecule has 0 amide bonds. The van der Waals surface area contributed by atoms with Gasteiger partial charge in [-0.1, -0.05) is 60.1 Å². The van der Waals surface area contributed by atoms with Crippen LogP contribution in [0.1, 0.15) is 41.5 Å². The van der Waals surface area contributed by atoms with Gasteiger partial charge in [-0.15, -0.1) is 0 Å². The maximum absolute atomic E-state index is 13.9. The van der Waals surface area contributed by atoms with Gasteiger partial charge in [-0.2, -0.15) is 13.2 Å². The summed E-state index contributed by atoms with van der Waals surface area (Å²) in [7, 11) is 0. The number of hydrogen-bond acceptors (Lipinski definition) is 3. The Morgan fingerprint density at radius 2 is 1.45 bits per heavy atom. The zero-order valence-corrected chi connectivity index (χ0v) is 18.2. The van der Waals surface area contributed by atoms with E-state index in [1.165, 1.54) is 12.1 Å². The van der Waals surface area contributed by atoms with Crippen LogP contribution in [0.5, 0.6) is 0 Å². The summed E-state index contributed by atoms with van der Waals surface area (Å²) in [4.78, 5) is 13.5. The van der Waals surface area contributed by atoms with E-state index in [0.29, 0.717) is 34.1 Å². The number of hydrogen-bond donors (Lipinski definition) is 2. The average Bonchev–Trinajstić information content (AvgIpc) is 2.95. The molecule has 0 bridgehead atoms. The van der Waals surface area contributed by atoms with Crippen LogP contribution in [0, 0.1) is 0 Å². The predicted octanol–water partition coefficient (Wildman–Crippen LogP) is 7.34. The van der Waals surface area contributed by atoms with Gasteiger partial charge in [0.1, 0.15) is 0 Å². The summed E-state index contributed by atoms with van der Waals surface area (Å²) in [6.07, 6.45) is -3.91. The van der Waals surface area contributed by atoms with Crippen LogP contribution >= 0.6 is 11.6 Å². The first-order valence-electron chi connectivity index (χ1n) is 10.6. The molecule has 0 radical (unpaired) electrons.